The summed E-state index contributed by atoms with van der Waals surface area (Å²) in [6.07, 6.45) is 7.07. The molecule has 0 N–H and O–H groups in total. The van der Waals surface area contributed by atoms with E-state index in [0.29, 0.717) is 5.41 Å². The molecule has 0 amide bonds. The van der Waals surface area contributed by atoms with Gasteiger partial charge in [-0.1, -0.05) is 176 Å². The lowest BCUT2D eigenvalue weighted by Gasteiger charge is -2.46. The molecule has 67 heavy (non-hydrogen) atoms. The van der Waals surface area contributed by atoms with Gasteiger partial charge in [0, 0.05) is 31.9 Å². The summed E-state index contributed by atoms with van der Waals surface area (Å²) >= 11 is 1.94. The van der Waals surface area contributed by atoms with Crippen LogP contribution in [0.15, 0.2) is 222 Å². The zero-order valence-electron chi connectivity index (χ0n) is 37.3. The second-order valence-corrected chi connectivity index (χ2v) is 21.2. The number of benzene rings is 9. The first kappa shape index (κ1) is 38.1. The highest BCUT2D eigenvalue weighted by atomic mass is 32.2. The van der Waals surface area contributed by atoms with Crippen molar-refractivity contribution in [2.75, 3.05) is 4.90 Å². The summed E-state index contributed by atoms with van der Waals surface area (Å²) < 4.78 is 2.54. The molecule has 16 rings (SSSR count). The molecule has 4 aliphatic carbocycles. The van der Waals surface area contributed by atoms with Crippen LogP contribution in [-0.2, 0) is 10.8 Å². The van der Waals surface area contributed by atoms with Crippen molar-refractivity contribution >= 4 is 50.6 Å². The Hall–Kier alpha value is -7.07. The number of anilines is 3. The molecule has 1 spiro atoms. The topological polar surface area (TPSA) is 8.17 Å². The van der Waals surface area contributed by atoms with Crippen LogP contribution in [0.3, 0.4) is 0 Å². The molecule has 2 nitrogen and oxygen atoms in total. The summed E-state index contributed by atoms with van der Waals surface area (Å²) in [5.41, 5.74) is 19.0. The summed E-state index contributed by atoms with van der Waals surface area (Å²) in [6.45, 7) is 0. The van der Waals surface area contributed by atoms with Crippen molar-refractivity contribution in [2.45, 2.75) is 52.7 Å². The Bertz CT molecular complexity index is 3590. The van der Waals surface area contributed by atoms with Crippen molar-refractivity contribution in [3.8, 4) is 27.9 Å². The van der Waals surface area contributed by atoms with Crippen LogP contribution in [0.4, 0.5) is 17.1 Å². The van der Waals surface area contributed by atoms with Crippen molar-refractivity contribution < 1.29 is 0 Å². The van der Waals surface area contributed by atoms with Crippen LogP contribution in [-0.4, -0.2) is 4.57 Å². The fourth-order valence-electron chi connectivity index (χ4n) is 14.4. The van der Waals surface area contributed by atoms with Gasteiger partial charge in [0.2, 0.25) is 0 Å². The summed E-state index contributed by atoms with van der Waals surface area (Å²) in [6, 6.07) is 80.5. The summed E-state index contributed by atoms with van der Waals surface area (Å²) in [5, 5.41) is 2.59. The standard InChI is InChI=1S/C64H48N2S/c1-2-12-43(13-3-1)44-24-26-45(27-25-44)46-28-32-49(33-29-46)65(50-34-30-47(31-35-50)63-39-41-36-42(40-63)38-48(63)37-41)59-22-11-19-56-62(59)67-60-23-9-6-17-54(60)64(56)53-16-5-8-21-58(53)66-57-20-7-4-14-51(57)52-15-10-18-55(64)61(52)66/h1-35,41-42,48H,36-40H2. The van der Waals surface area contributed by atoms with E-state index < -0.39 is 5.41 Å². The van der Waals surface area contributed by atoms with E-state index in [-0.39, 0.29) is 0 Å². The van der Waals surface area contributed by atoms with Gasteiger partial charge in [0.1, 0.15) is 0 Å². The van der Waals surface area contributed by atoms with E-state index in [1.54, 1.807) is 5.56 Å². The largest absolute Gasteiger partial charge is 0.309 e. The van der Waals surface area contributed by atoms with Crippen LogP contribution in [0.1, 0.15) is 59.9 Å². The minimum Gasteiger partial charge on any atom is -0.309 e. The third kappa shape index (κ3) is 5.29. The first-order chi connectivity index (χ1) is 33.2. The highest BCUT2D eigenvalue weighted by Crippen LogP contribution is 2.67. The molecule has 4 saturated carbocycles. The van der Waals surface area contributed by atoms with Gasteiger partial charge >= 0.3 is 0 Å². The average Bonchev–Trinajstić information content (AvgIpc) is 3.96. The first-order valence-corrected chi connectivity index (χ1v) is 25.2. The second kappa shape index (κ2) is 14.2. The zero-order chi connectivity index (χ0) is 43.8. The Morgan fingerprint density at radius 3 is 1.78 bits per heavy atom. The van der Waals surface area contributed by atoms with E-state index >= 15 is 0 Å². The number of hydrogen-bond acceptors (Lipinski definition) is 2. The lowest BCUT2D eigenvalue weighted by atomic mass is 9.62. The molecule has 3 unspecified atom stereocenters. The number of nitrogens with zero attached hydrogens (tertiary/aromatic N) is 2. The van der Waals surface area contributed by atoms with Gasteiger partial charge < -0.3 is 9.47 Å². The van der Waals surface area contributed by atoms with Crippen molar-refractivity contribution in [2.24, 2.45) is 17.8 Å². The summed E-state index contributed by atoms with van der Waals surface area (Å²) in [7, 11) is 0. The van der Waals surface area contributed by atoms with Gasteiger partial charge in [0.05, 0.1) is 27.8 Å². The Balaban J connectivity index is 0.935. The number of aromatic nitrogens is 1. The molecule has 3 heteroatoms. The average molecular weight is 877 g/mol. The van der Waals surface area contributed by atoms with Gasteiger partial charge in [0.15, 0.2) is 0 Å². The Kier molecular flexibility index (Phi) is 8.08. The number of rotatable bonds is 6. The molecule has 10 aromatic rings. The molecule has 9 aromatic carbocycles. The molecular formula is C64H48N2S. The Labute approximate surface area is 396 Å². The van der Waals surface area contributed by atoms with E-state index in [1.807, 2.05) is 11.8 Å². The number of hydrogen-bond donors (Lipinski definition) is 0. The lowest BCUT2D eigenvalue weighted by Crippen LogP contribution is -2.38. The zero-order valence-corrected chi connectivity index (χ0v) is 38.1. The molecular weight excluding hydrogens is 829 g/mol. The van der Waals surface area contributed by atoms with Crippen molar-refractivity contribution in [3.63, 3.8) is 0 Å². The number of fused-ring (bicyclic) bond motifs is 11. The Morgan fingerprint density at radius 1 is 0.448 bits per heavy atom. The maximum atomic E-state index is 2.56. The van der Waals surface area contributed by atoms with Crippen molar-refractivity contribution in [3.05, 3.63) is 240 Å². The van der Waals surface area contributed by atoms with Crippen LogP contribution in [0.25, 0.3) is 49.7 Å². The van der Waals surface area contributed by atoms with E-state index in [9.17, 15) is 0 Å². The van der Waals surface area contributed by atoms with Gasteiger partial charge in [-0.25, -0.2) is 0 Å². The predicted octanol–water partition coefficient (Wildman–Crippen LogP) is 16.8. The van der Waals surface area contributed by atoms with Crippen LogP contribution < -0.4 is 4.90 Å². The number of para-hydroxylation sites is 3. The molecule has 6 aliphatic rings. The smallest absolute Gasteiger partial charge is 0.0765 e. The molecule has 4 bridgehead atoms. The van der Waals surface area contributed by atoms with Gasteiger partial charge in [-0.3, -0.25) is 0 Å². The molecule has 2 aliphatic heterocycles. The van der Waals surface area contributed by atoms with Crippen molar-refractivity contribution in [1.29, 1.82) is 0 Å². The molecule has 3 atom stereocenters. The van der Waals surface area contributed by atoms with Gasteiger partial charge in [-0.2, -0.15) is 0 Å². The minimum absolute atomic E-state index is 0.365. The SMILES string of the molecule is c1ccc(-c2ccc(-c3ccc(N(c4ccc(C56CC7CC(CC5C7)C6)cc4)c4cccc5c4Sc4ccccc4C54c5ccccc5-n5c6ccccc6c6cccc4c65)cc3)cc2)cc1. The van der Waals surface area contributed by atoms with E-state index in [4.69, 9.17) is 0 Å². The third-order valence-electron chi connectivity index (χ3n) is 16.9. The normalized spacial score (nSPS) is 22.5. The Morgan fingerprint density at radius 2 is 1.01 bits per heavy atom. The van der Waals surface area contributed by atoms with Gasteiger partial charge in [-0.05, 0) is 154 Å². The highest BCUT2D eigenvalue weighted by Gasteiger charge is 2.58. The molecule has 320 valence electrons. The fraction of sp³-hybridized carbons (Fsp3) is 0.156. The van der Waals surface area contributed by atoms with Crippen molar-refractivity contribution in [1.82, 2.24) is 4.57 Å². The maximum Gasteiger partial charge on any atom is 0.0765 e. The summed E-state index contributed by atoms with van der Waals surface area (Å²) in [5.74, 6) is 2.69. The van der Waals surface area contributed by atoms with E-state index in [1.165, 1.54) is 125 Å². The van der Waals surface area contributed by atoms with Crippen LogP contribution in [0, 0.1) is 17.8 Å². The quantitative estimate of drug-likeness (QED) is 0.164. The molecule has 0 radical (unpaired) electrons. The highest BCUT2D eigenvalue weighted by molar-refractivity contribution is 7.99. The monoisotopic (exact) mass is 876 g/mol. The predicted molar refractivity (Wildman–Crippen MR) is 278 cm³/mol. The fourth-order valence-corrected chi connectivity index (χ4v) is 15.7. The second-order valence-electron chi connectivity index (χ2n) is 20.1. The first-order valence-electron chi connectivity index (χ1n) is 24.4. The van der Waals surface area contributed by atoms with Crippen LogP contribution >= 0.6 is 11.8 Å². The van der Waals surface area contributed by atoms with Gasteiger partial charge in [0.25, 0.3) is 0 Å². The van der Waals surface area contributed by atoms with Gasteiger partial charge in [-0.15, -0.1) is 0 Å². The lowest BCUT2D eigenvalue weighted by molar-refractivity contribution is 0.266. The molecule has 4 fully saturated rings. The van der Waals surface area contributed by atoms with E-state index in [2.05, 4.69) is 222 Å². The summed E-state index contributed by atoms with van der Waals surface area (Å²) in [4.78, 5) is 5.16. The molecule has 1 aromatic heterocycles. The molecule has 3 heterocycles. The maximum absolute atomic E-state index is 2.56. The molecule has 0 saturated heterocycles. The van der Waals surface area contributed by atoms with E-state index in [0.717, 1.165) is 23.4 Å². The minimum atomic E-state index is -0.557. The third-order valence-corrected chi connectivity index (χ3v) is 18.1. The van der Waals surface area contributed by atoms with Crippen LogP contribution in [0.5, 0.6) is 0 Å². The van der Waals surface area contributed by atoms with Crippen LogP contribution in [0.2, 0.25) is 0 Å².